The van der Waals surface area contributed by atoms with Crippen LogP contribution in [0.15, 0.2) is 65.2 Å². The van der Waals surface area contributed by atoms with Crippen LogP contribution in [-0.2, 0) is 0 Å². The van der Waals surface area contributed by atoms with E-state index in [0.717, 1.165) is 11.1 Å². The van der Waals surface area contributed by atoms with E-state index in [4.69, 9.17) is 4.52 Å². The van der Waals surface area contributed by atoms with Crippen molar-refractivity contribution in [2.45, 2.75) is 13.0 Å². The molecule has 134 valence electrons. The van der Waals surface area contributed by atoms with Gasteiger partial charge < -0.3 is 14.7 Å². The van der Waals surface area contributed by atoms with Crippen LogP contribution in [0.3, 0.4) is 0 Å². The number of nitrogens with one attached hydrogen (secondary N) is 1. The van der Waals surface area contributed by atoms with Crippen molar-refractivity contribution >= 4 is 5.91 Å². The van der Waals surface area contributed by atoms with E-state index in [1.807, 2.05) is 63.5 Å². The molecule has 0 saturated heterocycles. The van der Waals surface area contributed by atoms with Gasteiger partial charge >= 0.3 is 0 Å². The summed E-state index contributed by atoms with van der Waals surface area (Å²) in [6.45, 7) is 2.51. The number of nitrogens with zero attached hydrogens (tertiary/aromatic N) is 2. The minimum atomic E-state index is -0.241. The van der Waals surface area contributed by atoms with Gasteiger partial charge in [0, 0.05) is 18.2 Å². The molecule has 5 nitrogen and oxygen atoms in total. The first-order chi connectivity index (χ1) is 12.5. The number of benzene rings is 2. The SMILES string of the molecule is Cc1ccc(-c2cc(C(=O)NCC(c3ccccc3)N(C)C)no2)cc1. The average Bonchev–Trinajstić information content (AvgIpc) is 3.13. The van der Waals surface area contributed by atoms with Crippen molar-refractivity contribution in [2.75, 3.05) is 20.6 Å². The number of rotatable bonds is 6. The first-order valence-electron chi connectivity index (χ1n) is 8.58. The van der Waals surface area contributed by atoms with Gasteiger partial charge in [0.05, 0.1) is 6.04 Å². The minimum absolute atomic E-state index is 0.0867. The molecule has 3 aromatic rings. The summed E-state index contributed by atoms with van der Waals surface area (Å²) < 4.78 is 5.33. The summed E-state index contributed by atoms with van der Waals surface area (Å²) in [7, 11) is 3.99. The molecule has 1 aromatic heterocycles. The van der Waals surface area contributed by atoms with Crippen LogP contribution in [0.2, 0.25) is 0 Å². The summed E-state index contributed by atoms with van der Waals surface area (Å²) in [6.07, 6.45) is 0. The van der Waals surface area contributed by atoms with Crippen LogP contribution in [0, 0.1) is 6.92 Å². The van der Waals surface area contributed by atoms with Gasteiger partial charge in [-0.3, -0.25) is 4.79 Å². The molecule has 3 rings (SSSR count). The number of likely N-dealkylation sites (N-methyl/N-ethyl adjacent to an activating group) is 1. The van der Waals surface area contributed by atoms with E-state index in [9.17, 15) is 4.79 Å². The zero-order valence-electron chi connectivity index (χ0n) is 15.3. The van der Waals surface area contributed by atoms with Gasteiger partial charge in [-0.05, 0) is 26.6 Å². The monoisotopic (exact) mass is 349 g/mol. The Labute approximate surface area is 153 Å². The molecule has 1 heterocycles. The summed E-state index contributed by atoms with van der Waals surface area (Å²) in [5, 5.41) is 6.86. The van der Waals surface area contributed by atoms with Crippen LogP contribution in [0.25, 0.3) is 11.3 Å². The molecular weight excluding hydrogens is 326 g/mol. The predicted molar refractivity (Wildman–Crippen MR) is 102 cm³/mol. The van der Waals surface area contributed by atoms with Crippen LogP contribution in [-0.4, -0.2) is 36.6 Å². The number of aryl methyl sites for hydroxylation is 1. The third-order valence-corrected chi connectivity index (χ3v) is 4.34. The molecule has 2 aromatic carbocycles. The van der Waals surface area contributed by atoms with Crippen molar-refractivity contribution in [3.05, 3.63) is 77.5 Å². The summed E-state index contributed by atoms with van der Waals surface area (Å²) in [6, 6.07) is 19.8. The van der Waals surface area contributed by atoms with Crippen LogP contribution in [0.5, 0.6) is 0 Å². The van der Waals surface area contributed by atoms with Crippen LogP contribution >= 0.6 is 0 Å². The van der Waals surface area contributed by atoms with Gasteiger partial charge in [0.2, 0.25) is 0 Å². The van der Waals surface area contributed by atoms with Gasteiger partial charge in [0.1, 0.15) is 0 Å². The lowest BCUT2D eigenvalue weighted by molar-refractivity contribution is 0.0933. The number of carbonyl (C=O) groups excluding carboxylic acids is 1. The molecule has 1 atom stereocenters. The third-order valence-electron chi connectivity index (χ3n) is 4.34. The molecule has 26 heavy (non-hydrogen) atoms. The molecule has 0 spiro atoms. The normalized spacial score (nSPS) is 12.2. The predicted octanol–water partition coefficient (Wildman–Crippen LogP) is 3.68. The van der Waals surface area contributed by atoms with Gasteiger partial charge in [0.15, 0.2) is 11.5 Å². The van der Waals surface area contributed by atoms with Crippen molar-refractivity contribution in [1.29, 1.82) is 0 Å². The van der Waals surface area contributed by atoms with Crippen molar-refractivity contribution in [1.82, 2.24) is 15.4 Å². The third kappa shape index (κ3) is 4.18. The Hall–Kier alpha value is -2.92. The fourth-order valence-electron chi connectivity index (χ4n) is 2.79. The van der Waals surface area contributed by atoms with Crippen molar-refractivity contribution < 1.29 is 9.32 Å². The van der Waals surface area contributed by atoms with E-state index in [-0.39, 0.29) is 17.6 Å². The minimum Gasteiger partial charge on any atom is -0.355 e. The molecule has 1 N–H and O–H groups in total. The highest BCUT2D eigenvalue weighted by Gasteiger charge is 2.18. The molecule has 0 saturated carbocycles. The van der Waals surface area contributed by atoms with Crippen molar-refractivity contribution in [3.63, 3.8) is 0 Å². The molecule has 0 aliphatic heterocycles. The van der Waals surface area contributed by atoms with Crippen LogP contribution in [0.4, 0.5) is 0 Å². The highest BCUT2D eigenvalue weighted by Crippen LogP contribution is 2.21. The smallest absolute Gasteiger partial charge is 0.273 e. The zero-order chi connectivity index (χ0) is 18.5. The topological polar surface area (TPSA) is 58.4 Å². The first-order valence-corrected chi connectivity index (χ1v) is 8.58. The summed E-state index contributed by atoms with van der Waals surface area (Å²) >= 11 is 0. The van der Waals surface area contributed by atoms with Crippen LogP contribution in [0.1, 0.15) is 27.7 Å². The fraction of sp³-hybridized carbons (Fsp3) is 0.238. The lowest BCUT2D eigenvalue weighted by atomic mass is 10.1. The van der Waals surface area contributed by atoms with Crippen molar-refractivity contribution in [2.24, 2.45) is 0 Å². The van der Waals surface area contributed by atoms with E-state index in [1.54, 1.807) is 6.07 Å². The number of amides is 1. The lowest BCUT2D eigenvalue weighted by Crippen LogP contribution is -2.34. The number of hydrogen-bond acceptors (Lipinski definition) is 4. The summed E-state index contributed by atoms with van der Waals surface area (Å²) in [5.74, 6) is 0.345. The Bertz CT molecular complexity index is 854. The summed E-state index contributed by atoms with van der Waals surface area (Å²) in [5.41, 5.74) is 3.50. The molecule has 0 aliphatic rings. The molecule has 0 bridgehead atoms. The maximum atomic E-state index is 12.4. The maximum Gasteiger partial charge on any atom is 0.273 e. The zero-order valence-corrected chi connectivity index (χ0v) is 15.3. The Balaban J connectivity index is 1.67. The Morgan fingerprint density at radius 3 is 2.46 bits per heavy atom. The van der Waals surface area contributed by atoms with E-state index in [0.29, 0.717) is 12.3 Å². The Morgan fingerprint density at radius 2 is 1.81 bits per heavy atom. The molecule has 0 radical (unpaired) electrons. The van der Waals surface area contributed by atoms with E-state index in [1.165, 1.54) is 5.56 Å². The first kappa shape index (κ1) is 17.9. The fourth-order valence-corrected chi connectivity index (χ4v) is 2.79. The quantitative estimate of drug-likeness (QED) is 0.737. The van der Waals surface area contributed by atoms with Gasteiger partial charge in [-0.25, -0.2) is 0 Å². The highest BCUT2D eigenvalue weighted by atomic mass is 16.5. The average molecular weight is 349 g/mol. The van der Waals surface area contributed by atoms with Gasteiger partial charge in [-0.15, -0.1) is 0 Å². The van der Waals surface area contributed by atoms with E-state index in [2.05, 4.69) is 27.5 Å². The number of carbonyl (C=O) groups is 1. The molecule has 5 heteroatoms. The largest absolute Gasteiger partial charge is 0.355 e. The van der Waals surface area contributed by atoms with Gasteiger partial charge in [-0.1, -0.05) is 65.3 Å². The Morgan fingerprint density at radius 1 is 1.12 bits per heavy atom. The molecule has 0 aliphatic carbocycles. The number of aromatic nitrogens is 1. The maximum absolute atomic E-state index is 12.4. The lowest BCUT2D eigenvalue weighted by Gasteiger charge is -2.24. The molecule has 0 fully saturated rings. The second kappa shape index (κ2) is 7.97. The van der Waals surface area contributed by atoms with Crippen molar-refractivity contribution in [3.8, 4) is 11.3 Å². The standard InChI is InChI=1S/C21H23N3O2/c1-15-9-11-17(12-10-15)20-13-18(23-26-20)21(25)22-14-19(24(2)3)16-7-5-4-6-8-16/h4-13,19H,14H2,1-3H3,(H,22,25). The molecule has 1 unspecified atom stereocenters. The Kier molecular flexibility index (Phi) is 5.49. The van der Waals surface area contributed by atoms with Crippen LogP contribution < -0.4 is 5.32 Å². The van der Waals surface area contributed by atoms with Gasteiger partial charge in [0.25, 0.3) is 5.91 Å². The molecular formula is C21H23N3O2. The highest BCUT2D eigenvalue weighted by molar-refractivity contribution is 5.93. The second-order valence-corrected chi connectivity index (χ2v) is 6.54. The van der Waals surface area contributed by atoms with Gasteiger partial charge in [-0.2, -0.15) is 0 Å². The van der Waals surface area contributed by atoms with E-state index < -0.39 is 0 Å². The van der Waals surface area contributed by atoms with E-state index >= 15 is 0 Å². The summed E-state index contributed by atoms with van der Waals surface area (Å²) in [4.78, 5) is 14.5. The second-order valence-electron chi connectivity index (χ2n) is 6.54. The molecule has 1 amide bonds. The number of hydrogen-bond donors (Lipinski definition) is 1.